The highest BCUT2D eigenvalue weighted by molar-refractivity contribution is 5.95. The lowest BCUT2D eigenvalue weighted by Gasteiger charge is -2.08. The summed E-state index contributed by atoms with van der Waals surface area (Å²) < 4.78 is 0. The lowest BCUT2D eigenvalue weighted by molar-refractivity contribution is -0.383. The second kappa shape index (κ2) is 4.13. The summed E-state index contributed by atoms with van der Waals surface area (Å²) in [7, 11) is 0. The molecule has 7 nitrogen and oxygen atoms in total. The van der Waals surface area contributed by atoms with Gasteiger partial charge in [0.05, 0.1) is 10.3 Å². The molecule has 7 heteroatoms. The number of anilines is 1. The largest absolute Gasteiger partial charge is 0.308 e. The minimum absolute atomic E-state index is 0.00389. The van der Waals surface area contributed by atoms with Crippen LogP contribution in [0.5, 0.6) is 0 Å². The molecule has 0 aliphatic heterocycles. The van der Waals surface area contributed by atoms with Gasteiger partial charge < -0.3 is 5.43 Å². The average Bonchev–Trinajstić information content (AvgIpc) is 3.20. The zero-order valence-electron chi connectivity index (χ0n) is 10.4. The van der Waals surface area contributed by atoms with E-state index in [4.69, 9.17) is 5.84 Å². The second-order valence-electron chi connectivity index (χ2n) is 4.79. The van der Waals surface area contributed by atoms with Gasteiger partial charge in [-0.15, -0.1) is 0 Å². The van der Waals surface area contributed by atoms with Crippen LogP contribution in [0.1, 0.15) is 30.1 Å². The molecule has 1 fully saturated rings. The van der Waals surface area contributed by atoms with Crippen LogP contribution in [-0.2, 0) is 0 Å². The molecule has 0 saturated heterocycles. The van der Waals surface area contributed by atoms with Gasteiger partial charge >= 0.3 is 0 Å². The summed E-state index contributed by atoms with van der Waals surface area (Å²) in [6.45, 7) is 1.79. The lowest BCUT2D eigenvalue weighted by atomic mass is 10.1. The van der Waals surface area contributed by atoms with Gasteiger partial charge in [-0.05, 0) is 31.4 Å². The zero-order valence-corrected chi connectivity index (χ0v) is 10.4. The van der Waals surface area contributed by atoms with Crippen molar-refractivity contribution >= 4 is 22.4 Å². The number of nitrogens with zero attached hydrogens (tertiary/aromatic N) is 3. The minimum Gasteiger partial charge on any atom is -0.308 e. The summed E-state index contributed by atoms with van der Waals surface area (Å²) in [5.74, 6) is 6.85. The number of nitro groups is 1. The van der Waals surface area contributed by atoms with Crippen molar-refractivity contribution in [2.24, 2.45) is 5.84 Å². The maximum absolute atomic E-state index is 11.2. The number of nitrogens with one attached hydrogen (secondary N) is 1. The van der Waals surface area contributed by atoms with E-state index in [-0.39, 0.29) is 5.69 Å². The molecular formula is C12H13N5O2. The van der Waals surface area contributed by atoms with Crippen LogP contribution in [0.15, 0.2) is 12.1 Å². The van der Waals surface area contributed by atoms with Crippen LogP contribution in [0.3, 0.4) is 0 Å². The number of rotatable bonds is 3. The third kappa shape index (κ3) is 1.97. The number of non-ortho nitro benzene ring substituents is 1. The third-order valence-electron chi connectivity index (χ3n) is 3.22. The molecule has 1 aromatic carbocycles. The molecule has 3 N–H and O–H groups in total. The number of aryl methyl sites for hydroxylation is 1. The smallest absolute Gasteiger partial charge is 0.295 e. The summed E-state index contributed by atoms with van der Waals surface area (Å²) >= 11 is 0. The molecule has 0 amide bonds. The Labute approximate surface area is 109 Å². The van der Waals surface area contributed by atoms with E-state index in [1.165, 1.54) is 6.07 Å². The summed E-state index contributed by atoms with van der Waals surface area (Å²) in [5.41, 5.74) is 3.63. The van der Waals surface area contributed by atoms with Crippen molar-refractivity contribution in [1.82, 2.24) is 9.97 Å². The van der Waals surface area contributed by atoms with Crippen molar-refractivity contribution in [3.8, 4) is 0 Å². The van der Waals surface area contributed by atoms with Crippen LogP contribution in [0.2, 0.25) is 0 Å². The van der Waals surface area contributed by atoms with Gasteiger partial charge in [0.25, 0.3) is 5.69 Å². The average molecular weight is 259 g/mol. The van der Waals surface area contributed by atoms with Gasteiger partial charge in [0.15, 0.2) is 11.3 Å². The molecular weight excluding hydrogens is 246 g/mol. The molecule has 1 saturated carbocycles. The first-order valence-electron chi connectivity index (χ1n) is 6.03. The topological polar surface area (TPSA) is 107 Å². The molecule has 19 heavy (non-hydrogen) atoms. The molecule has 2 aromatic rings. The number of hydrogen-bond donors (Lipinski definition) is 2. The summed E-state index contributed by atoms with van der Waals surface area (Å²) in [5, 5.41) is 11.7. The highest BCUT2D eigenvalue weighted by Gasteiger charge is 2.29. The van der Waals surface area contributed by atoms with E-state index in [0.717, 1.165) is 18.4 Å². The molecule has 0 radical (unpaired) electrons. The van der Waals surface area contributed by atoms with E-state index in [9.17, 15) is 10.1 Å². The van der Waals surface area contributed by atoms with Crippen molar-refractivity contribution in [1.29, 1.82) is 0 Å². The van der Waals surface area contributed by atoms with Gasteiger partial charge in [-0.1, -0.05) is 0 Å². The summed E-state index contributed by atoms with van der Waals surface area (Å²) in [4.78, 5) is 19.5. The number of hydrogen-bond acceptors (Lipinski definition) is 6. The van der Waals surface area contributed by atoms with Crippen molar-refractivity contribution < 1.29 is 4.92 Å². The fourth-order valence-corrected chi connectivity index (χ4v) is 2.15. The Hall–Kier alpha value is -2.28. The van der Waals surface area contributed by atoms with Gasteiger partial charge in [-0.25, -0.2) is 15.8 Å². The first-order chi connectivity index (χ1) is 9.10. The SMILES string of the molecule is Cc1cc([N+](=O)[O-])c2nc(C3CC3)nc(NN)c2c1. The van der Waals surface area contributed by atoms with Crippen LogP contribution >= 0.6 is 0 Å². The van der Waals surface area contributed by atoms with Crippen molar-refractivity contribution in [3.05, 3.63) is 33.6 Å². The number of benzene rings is 1. The number of nitro benzene ring substituents is 1. The first-order valence-corrected chi connectivity index (χ1v) is 6.03. The summed E-state index contributed by atoms with van der Waals surface area (Å²) in [6, 6.07) is 3.32. The Kier molecular flexibility index (Phi) is 2.56. The first kappa shape index (κ1) is 11.8. The predicted octanol–water partition coefficient (Wildman–Crippen LogP) is 2.01. The van der Waals surface area contributed by atoms with E-state index in [2.05, 4.69) is 15.4 Å². The van der Waals surface area contributed by atoms with Crippen molar-refractivity contribution in [3.63, 3.8) is 0 Å². The molecule has 0 atom stereocenters. The quantitative estimate of drug-likeness (QED) is 0.496. The molecule has 0 unspecified atom stereocenters. The maximum Gasteiger partial charge on any atom is 0.295 e. The number of aromatic nitrogens is 2. The third-order valence-corrected chi connectivity index (χ3v) is 3.22. The summed E-state index contributed by atoms with van der Waals surface area (Å²) in [6.07, 6.45) is 2.05. The Balaban J connectivity index is 2.35. The number of nitrogens with two attached hydrogens (primary N) is 1. The number of nitrogen functional groups attached to an aromatic ring is 1. The Bertz CT molecular complexity index is 681. The van der Waals surface area contributed by atoms with E-state index in [0.29, 0.717) is 28.5 Å². The molecule has 98 valence electrons. The van der Waals surface area contributed by atoms with Crippen LogP contribution in [0.4, 0.5) is 11.5 Å². The fourth-order valence-electron chi connectivity index (χ4n) is 2.15. The number of hydrazine groups is 1. The van der Waals surface area contributed by atoms with Gasteiger partial charge in [-0.2, -0.15) is 0 Å². The van der Waals surface area contributed by atoms with Gasteiger partial charge in [0.2, 0.25) is 0 Å². The predicted molar refractivity (Wildman–Crippen MR) is 70.7 cm³/mol. The highest BCUT2D eigenvalue weighted by Crippen LogP contribution is 2.40. The van der Waals surface area contributed by atoms with Gasteiger partial charge in [0.1, 0.15) is 5.82 Å². The fraction of sp³-hybridized carbons (Fsp3) is 0.333. The van der Waals surface area contributed by atoms with Gasteiger partial charge in [0, 0.05) is 12.0 Å². The Morgan fingerprint density at radius 2 is 2.16 bits per heavy atom. The maximum atomic E-state index is 11.2. The molecule has 1 heterocycles. The molecule has 1 aliphatic rings. The molecule has 1 aliphatic carbocycles. The zero-order chi connectivity index (χ0) is 13.6. The molecule has 3 rings (SSSR count). The van der Waals surface area contributed by atoms with Crippen LogP contribution in [0.25, 0.3) is 10.9 Å². The lowest BCUT2D eigenvalue weighted by Crippen LogP contribution is -2.11. The van der Waals surface area contributed by atoms with Crippen LogP contribution in [-0.4, -0.2) is 14.9 Å². The Morgan fingerprint density at radius 3 is 2.74 bits per heavy atom. The normalized spacial score (nSPS) is 14.6. The van der Waals surface area contributed by atoms with Gasteiger partial charge in [-0.3, -0.25) is 10.1 Å². The van der Waals surface area contributed by atoms with E-state index in [1.807, 2.05) is 0 Å². The standard InChI is InChI=1S/C12H13N5O2/c1-6-4-8-10(9(5-6)17(18)19)14-11(7-2-3-7)15-12(8)16-13/h4-5,7H,2-3,13H2,1H3,(H,14,15,16). The van der Waals surface area contributed by atoms with Crippen LogP contribution in [0, 0.1) is 17.0 Å². The Morgan fingerprint density at radius 1 is 1.42 bits per heavy atom. The number of fused-ring (bicyclic) bond motifs is 1. The van der Waals surface area contributed by atoms with Crippen molar-refractivity contribution in [2.75, 3.05) is 5.43 Å². The van der Waals surface area contributed by atoms with Crippen molar-refractivity contribution in [2.45, 2.75) is 25.7 Å². The van der Waals surface area contributed by atoms with E-state index in [1.54, 1.807) is 13.0 Å². The molecule has 0 bridgehead atoms. The second-order valence-corrected chi connectivity index (χ2v) is 4.79. The minimum atomic E-state index is -0.417. The molecule has 0 spiro atoms. The van der Waals surface area contributed by atoms with E-state index < -0.39 is 4.92 Å². The monoisotopic (exact) mass is 259 g/mol. The molecule has 1 aromatic heterocycles. The highest BCUT2D eigenvalue weighted by atomic mass is 16.6. The van der Waals surface area contributed by atoms with Crippen LogP contribution < -0.4 is 11.3 Å². The van der Waals surface area contributed by atoms with E-state index >= 15 is 0 Å².